The maximum atomic E-state index is 13.3. The van der Waals surface area contributed by atoms with E-state index in [4.69, 9.17) is 11.6 Å². The summed E-state index contributed by atoms with van der Waals surface area (Å²) in [5.41, 5.74) is 1.71. The second-order valence-corrected chi connectivity index (χ2v) is 8.82. The molecule has 4 atom stereocenters. The first kappa shape index (κ1) is 18.0. The van der Waals surface area contributed by atoms with Crippen molar-refractivity contribution >= 4 is 46.9 Å². The van der Waals surface area contributed by atoms with Gasteiger partial charge in [-0.15, -0.1) is 11.8 Å². The van der Waals surface area contributed by atoms with Crippen LogP contribution in [0.15, 0.2) is 60.7 Å². The fourth-order valence-electron chi connectivity index (χ4n) is 4.62. The van der Waals surface area contributed by atoms with E-state index in [9.17, 15) is 9.59 Å². The standard InChI is InChI=1S/C22H19ClN2O2S/c23-15-7-9-16(10-8-15)25-21(26)19-17(11-6-14-4-2-1-3-5-14)24-13-28-12-18(24)20(19)22(25)27/h1-11,17-20H,12-13H2/b11-6+/t17-,18-,19-,20+/m0/s1. The minimum atomic E-state index is -0.325. The summed E-state index contributed by atoms with van der Waals surface area (Å²) in [6, 6.07) is 17.1. The smallest absolute Gasteiger partial charge is 0.239 e. The lowest BCUT2D eigenvalue weighted by Crippen LogP contribution is -2.42. The SMILES string of the molecule is O=C1[C@@H]2[C@H](C(=O)N1c1ccc(Cl)cc1)[C@@H]1CSCN1[C@H]2/C=C/c1ccccc1. The van der Waals surface area contributed by atoms with Crippen LogP contribution >= 0.6 is 23.4 Å². The van der Waals surface area contributed by atoms with E-state index in [1.807, 2.05) is 42.1 Å². The lowest BCUT2D eigenvalue weighted by molar-refractivity contribution is -0.123. The molecule has 4 nitrogen and oxygen atoms in total. The molecule has 3 aliphatic rings. The Balaban J connectivity index is 1.50. The normalized spacial score (nSPS) is 29.7. The highest BCUT2D eigenvalue weighted by Crippen LogP contribution is 2.48. The van der Waals surface area contributed by atoms with Crippen LogP contribution in [0.25, 0.3) is 6.08 Å². The molecular formula is C22H19ClN2O2S. The molecule has 28 heavy (non-hydrogen) atoms. The number of carbonyl (C=O) groups excluding carboxylic acids is 2. The Morgan fingerprint density at radius 1 is 0.964 bits per heavy atom. The fraction of sp³-hybridized carbons (Fsp3) is 0.273. The molecule has 0 unspecified atom stereocenters. The van der Waals surface area contributed by atoms with Crippen LogP contribution in [0.4, 0.5) is 5.69 Å². The van der Waals surface area contributed by atoms with Crippen molar-refractivity contribution in [3.63, 3.8) is 0 Å². The average Bonchev–Trinajstić information content (AvgIpc) is 3.35. The molecular weight excluding hydrogens is 392 g/mol. The van der Waals surface area contributed by atoms with Crippen LogP contribution in [0.2, 0.25) is 5.02 Å². The molecule has 3 aliphatic heterocycles. The number of nitrogens with zero attached hydrogens (tertiary/aromatic N) is 2. The van der Waals surface area contributed by atoms with Gasteiger partial charge in [-0.3, -0.25) is 14.5 Å². The van der Waals surface area contributed by atoms with Gasteiger partial charge < -0.3 is 0 Å². The van der Waals surface area contributed by atoms with E-state index in [2.05, 4.69) is 17.1 Å². The van der Waals surface area contributed by atoms with Crippen LogP contribution in [0.3, 0.4) is 0 Å². The third-order valence-electron chi connectivity index (χ3n) is 5.89. The second kappa shape index (κ2) is 7.07. The molecule has 142 valence electrons. The number of imide groups is 1. The summed E-state index contributed by atoms with van der Waals surface area (Å²) >= 11 is 7.81. The van der Waals surface area contributed by atoms with Crippen molar-refractivity contribution in [2.75, 3.05) is 16.5 Å². The highest BCUT2D eigenvalue weighted by Gasteiger charge is 2.62. The second-order valence-electron chi connectivity index (χ2n) is 7.38. The molecule has 3 fully saturated rings. The van der Waals surface area contributed by atoms with Gasteiger partial charge in [0.05, 0.1) is 17.5 Å². The Kier molecular flexibility index (Phi) is 4.54. The summed E-state index contributed by atoms with van der Waals surface area (Å²) < 4.78 is 0. The maximum absolute atomic E-state index is 13.3. The largest absolute Gasteiger partial charge is 0.282 e. The highest BCUT2D eigenvalue weighted by atomic mass is 35.5. The van der Waals surface area contributed by atoms with Crippen LogP contribution in [0, 0.1) is 11.8 Å². The highest BCUT2D eigenvalue weighted by molar-refractivity contribution is 7.99. The van der Waals surface area contributed by atoms with Gasteiger partial charge in [-0.1, -0.05) is 54.1 Å². The first-order valence-corrected chi connectivity index (χ1v) is 10.9. The average molecular weight is 411 g/mol. The van der Waals surface area contributed by atoms with Crippen molar-refractivity contribution in [3.05, 3.63) is 71.3 Å². The zero-order valence-corrected chi connectivity index (χ0v) is 16.6. The summed E-state index contributed by atoms with van der Waals surface area (Å²) in [6.07, 6.45) is 4.17. The van der Waals surface area contributed by atoms with E-state index in [1.165, 1.54) is 4.90 Å². The van der Waals surface area contributed by atoms with E-state index >= 15 is 0 Å². The number of amides is 2. The molecule has 3 saturated heterocycles. The van der Waals surface area contributed by atoms with Gasteiger partial charge >= 0.3 is 0 Å². The molecule has 5 rings (SSSR count). The first-order valence-electron chi connectivity index (χ1n) is 9.35. The molecule has 0 saturated carbocycles. The number of carbonyl (C=O) groups is 2. The third-order valence-corrected chi connectivity index (χ3v) is 7.20. The summed E-state index contributed by atoms with van der Waals surface area (Å²) in [6.45, 7) is 0. The van der Waals surface area contributed by atoms with Crippen molar-refractivity contribution in [1.29, 1.82) is 0 Å². The predicted molar refractivity (Wildman–Crippen MR) is 113 cm³/mol. The number of hydrogen-bond donors (Lipinski definition) is 0. The Morgan fingerprint density at radius 3 is 2.43 bits per heavy atom. The zero-order chi connectivity index (χ0) is 19.3. The van der Waals surface area contributed by atoms with E-state index < -0.39 is 0 Å². The minimum absolute atomic E-state index is 0.0565. The summed E-state index contributed by atoms with van der Waals surface area (Å²) in [7, 11) is 0. The van der Waals surface area contributed by atoms with Crippen molar-refractivity contribution in [1.82, 2.24) is 4.90 Å². The number of anilines is 1. The first-order chi connectivity index (χ1) is 13.6. The number of fused-ring (bicyclic) bond motifs is 3. The molecule has 2 aromatic carbocycles. The van der Waals surface area contributed by atoms with Crippen molar-refractivity contribution in [3.8, 4) is 0 Å². The van der Waals surface area contributed by atoms with Crippen LogP contribution in [0.1, 0.15) is 5.56 Å². The Hall–Kier alpha value is -2.08. The van der Waals surface area contributed by atoms with Gasteiger partial charge in [0.2, 0.25) is 11.8 Å². The number of rotatable bonds is 3. The third kappa shape index (κ3) is 2.81. The number of benzene rings is 2. The minimum Gasteiger partial charge on any atom is -0.282 e. The van der Waals surface area contributed by atoms with Crippen LogP contribution in [-0.2, 0) is 9.59 Å². The molecule has 0 bridgehead atoms. The molecule has 6 heteroatoms. The van der Waals surface area contributed by atoms with E-state index in [1.54, 1.807) is 24.3 Å². The van der Waals surface area contributed by atoms with Crippen LogP contribution in [-0.4, -0.2) is 40.4 Å². The summed E-state index contributed by atoms with van der Waals surface area (Å²) in [4.78, 5) is 30.3. The maximum Gasteiger partial charge on any atom is 0.239 e. The predicted octanol–water partition coefficient (Wildman–Crippen LogP) is 3.92. The van der Waals surface area contributed by atoms with Gasteiger partial charge in [-0.05, 0) is 29.8 Å². The number of thioether (sulfide) groups is 1. The van der Waals surface area contributed by atoms with Gasteiger partial charge in [0.25, 0.3) is 0 Å². The Morgan fingerprint density at radius 2 is 1.68 bits per heavy atom. The molecule has 2 aromatic rings. The lowest BCUT2D eigenvalue weighted by atomic mass is 9.89. The van der Waals surface area contributed by atoms with Crippen molar-refractivity contribution < 1.29 is 9.59 Å². The molecule has 0 radical (unpaired) electrons. The number of halogens is 1. The van der Waals surface area contributed by atoms with Gasteiger partial charge in [-0.2, -0.15) is 0 Å². The zero-order valence-electron chi connectivity index (χ0n) is 15.1. The Bertz CT molecular complexity index is 947. The fourth-order valence-corrected chi connectivity index (χ4v) is 6.06. The molecule has 2 amide bonds. The molecule has 3 heterocycles. The van der Waals surface area contributed by atoms with Gasteiger partial charge in [0.15, 0.2) is 0 Å². The van der Waals surface area contributed by atoms with Crippen LogP contribution < -0.4 is 4.90 Å². The summed E-state index contributed by atoms with van der Waals surface area (Å²) in [5, 5.41) is 0.588. The Labute approximate surface area is 173 Å². The molecule has 0 N–H and O–H groups in total. The summed E-state index contributed by atoms with van der Waals surface area (Å²) in [5.74, 6) is 0.982. The number of hydrogen-bond acceptors (Lipinski definition) is 4. The monoisotopic (exact) mass is 410 g/mol. The van der Waals surface area contributed by atoms with E-state index in [0.717, 1.165) is 17.2 Å². The van der Waals surface area contributed by atoms with Gasteiger partial charge in [-0.25, -0.2) is 4.90 Å². The lowest BCUT2D eigenvalue weighted by Gasteiger charge is -2.25. The topological polar surface area (TPSA) is 40.6 Å². The van der Waals surface area contributed by atoms with Crippen LogP contribution in [0.5, 0.6) is 0 Å². The van der Waals surface area contributed by atoms with Gasteiger partial charge in [0.1, 0.15) is 0 Å². The molecule has 0 aromatic heterocycles. The molecule has 0 spiro atoms. The van der Waals surface area contributed by atoms with E-state index in [-0.39, 0.29) is 35.7 Å². The van der Waals surface area contributed by atoms with Gasteiger partial charge in [0, 0.05) is 28.7 Å². The van der Waals surface area contributed by atoms with Crippen molar-refractivity contribution in [2.24, 2.45) is 11.8 Å². The van der Waals surface area contributed by atoms with Crippen molar-refractivity contribution in [2.45, 2.75) is 12.1 Å². The quantitative estimate of drug-likeness (QED) is 0.719. The van der Waals surface area contributed by atoms with E-state index in [0.29, 0.717) is 10.7 Å². The molecule has 0 aliphatic carbocycles.